The summed E-state index contributed by atoms with van der Waals surface area (Å²) in [4.78, 5) is 24.1. The lowest BCUT2D eigenvalue weighted by Gasteiger charge is -2.29. The van der Waals surface area contributed by atoms with Crippen molar-refractivity contribution in [2.75, 3.05) is 26.7 Å². The van der Waals surface area contributed by atoms with Gasteiger partial charge in [-0.15, -0.1) is 0 Å². The number of likely N-dealkylation sites (tertiary alicyclic amines) is 1. The molecule has 1 aliphatic rings. The van der Waals surface area contributed by atoms with E-state index in [-0.39, 0.29) is 18.5 Å². The Bertz CT molecular complexity index is 276. The zero-order chi connectivity index (χ0) is 13.4. The van der Waals surface area contributed by atoms with Crippen LogP contribution in [0.15, 0.2) is 0 Å². The molecule has 1 saturated heterocycles. The molecule has 6 nitrogen and oxygen atoms in total. The Morgan fingerprint density at radius 1 is 1.28 bits per heavy atom. The van der Waals surface area contributed by atoms with Crippen LogP contribution in [0, 0.1) is 0 Å². The number of rotatable bonds is 6. The largest absolute Gasteiger partial charge is 0.481 e. The Balaban J connectivity index is 2.01. The van der Waals surface area contributed by atoms with Crippen molar-refractivity contribution in [1.82, 2.24) is 15.5 Å². The quantitative estimate of drug-likeness (QED) is 0.610. The van der Waals surface area contributed by atoms with Gasteiger partial charge in [0.1, 0.15) is 0 Å². The number of aliphatic carboxylic acids is 1. The maximum Gasteiger partial charge on any atom is 0.315 e. The predicted octanol–water partition coefficient (Wildman–Crippen LogP) is 0.635. The van der Waals surface area contributed by atoms with Gasteiger partial charge in [-0.25, -0.2) is 4.79 Å². The molecule has 0 bridgehead atoms. The van der Waals surface area contributed by atoms with Crippen molar-refractivity contribution in [3.05, 3.63) is 0 Å². The number of carbonyl (C=O) groups is 2. The highest BCUT2D eigenvalue weighted by atomic mass is 16.4. The number of amides is 2. The molecule has 1 aliphatic heterocycles. The standard InChI is InChI=1S/C12H23N3O3/c1-15-8-5-10(6-9-15)14-12(18)13-7-3-2-4-11(16)17/h10H,2-9H2,1H3,(H,16,17)(H2,13,14,18). The van der Waals surface area contributed by atoms with Gasteiger partial charge in [0.25, 0.3) is 0 Å². The second-order valence-electron chi connectivity index (χ2n) is 4.83. The lowest BCUT2D eigenvalue weighted by atomic mass is 10.1. The van der Waals surface area contributed by atoms with Crippen LogP contribution in [0.5, 0.6) is 0 Å². The summed E-state index contributed by atoms with van der Waals surface area (Å²) in [6.45, 7) is 2.57. The molecule has 0 atom stereocenters. The highest BCUT2D eigenvalue weighted by Crippen LogP contribution is 2.07. The number of urea groups is 1. The molecule has 0 aromatic rings. The van der Waals surface area contributed by atoms with Crippen LogP contribution in [0.3, 0.4) is 0 Å². The second-order valence-corrected chi connectivity index (χ2v) is 4.83. The van der Waals surface area contributed by atoms with Gasteiger partial charge in [-0.2, -0.15) is 0 Å². The fourth-order valence-electron chi connectivity index (χ4n) is 1.99. The van der Waals surface area contributed by atoms with Gasteiger partial charge in [-0.3, -0.25) is 4.79 Å². The maximum atomic E-state index is 11.5. The van der Waals surface area contributed by atoms with Crippen LogP contribution in [0.25, 0.3) is 0 Å². The summed E-state index contributed by atoms with van der Waals surface area (Å²) >= 11 is 0. The van der Waals surface area contributed by atoms with E-state index in [1.165, 1.54) is 0 Å². The summed E-state index contributed by atoms with van der Waals surface area (Å²) < 4.78 is 0. The Kier molecular flexibility index (Phi) is 6.49. The van der Waals surface area contributed by atoms with Gasteiger partial charge in [-0.1, -0.05) is 0 Å². The Morgan fingerprint density at radius 2 is 1.94 bits per heavy atom. The first-order valence-corrected chi connectivity index (χ1v) is 6.52. The number of hydrogen-bond acceptors (Lipinski definition) is 3. The third-order valence-corrected chi connectivity index (χ3v) is 3.16. The molecule has 1 heterocycles. The SMILES string of the molecule is CN1CCC(NC(=O)NCCCCC(=O)O)CC1. The van der Waals surface area contributed by atoms with Crippen LogP contribution in [0.4, 0.5) is 4.79 Å². The van der Waals surface area contributed by atoms with Crippen molar-refractivity contribution in [2.24, 2.45) is 0 Å². The molecular weight excluding hydrogens is 234 g/mol. The van der Waals surface area contributed by atoms with E-state index >= 15 is 0 Å². The van der Waals surface area contributed by atoms with Crippen LogP contribution >= 0.6 is 0 Å². The van der Waals surface area contributed by atoms with Crippen molar-refractivity contribution in [3.63, 3.8) is 0 Å². The summed E-state index contributed by atoms with van der Waals surface area (Å²) in [6, 6.07) is 0.125. The molecule has 0 aromatic heterocycles. The number of piperidine rings is 1. The highest BCUT2D eigenvalue weighted by Gasteiger charge is 2.17. The fourth-order valence-corrected chi connectivity index (χ4v) is 1.99. The second kappa shape index (κ2) is 7.92. The first-order chi connectivity index (χ1) is 8.58. The number of nitrogens with zero attached hydrogens (tertiary/aromatic N) is 1. The Hall–Kier alpha value is -1.30. The monoisotopic (exact) mass is 257 g/mol. The number of carbonyl (C=O) groups excluding carboxylic acids is 1. The van der Waals surface area contributed by atoms with Gasteiger partial charge < -0.3 is 20.6 Å². The van der Waals surface area contributed by atoms with Crippen molar-refractivity contribution in [1.29, 1.82) is 0 Å². The highest BCUT2D eigenvalue weighted by molar-refractivity contribution is 5.74. The van der Waals surface area contributed by atoms with Gasteiger partial charge in [0.15, 0.2) is 0 Å². The van der Waals surface area contributed by atoms with E-state index in [1.54, 1.807) is 0 Å². The van der Waals surface area contributed by atoms with Crippen molar-refractivity contribution < 1.29 is 14.7 Å². The number of carboxylic acids is 1. The maximum absolute atomic E-state index is 11.5. The first-order valence-electron chi connectivity index (χ1n) is 6.52. The lowest BCUT2D eigenvalue weighted by Crippen LogP contribution is -2.47. The van der Waals surface area contributed by atoms with Gasteiger partial charge in [0.2, 0.25) is 0 Å². The summed E-state index contributed by atoms with van der Waals surface area (Å²) in [7, 11) is 2.08. The molecule has 3 N–H and O–H groups in total. The zero-order valence-electron chi connectivity index (χ0n) is 10.9. The zero-order valence-corrected chi connectivity index (χ0v) is 10.9. The van der Waals surface area contributed by atoms with E-state index in [9.17, 15) is 9.59 Å². The minimum atomic E-state index is -0.786. The van der Waals surface area contributed by atoms with Crippen molar-refractivity contribution >= 4 is 12.0 Å². The molecule has 6 heteroatoms. The van der Waals surface area contributed by atoms with E-state index in [1.807, 2.05) is 0 Å². The smallest absolute Gasteiger partial charge is 0.315 e. The predicted molar refractivity (Wildman–Crippen MR) is 68.5 cm³/mol. The minimum Gasteiger partial charge on any atom is -0.481 e. The molecule has 0 aromatic carbocycles. The van der Waals surface area contributed by atoms with E-state index in [4.69, 9.17) is 5.11 Å². The third-order valence-electron chi connectivity index (χ3n) is 3.16. The molecule has 0 unspecified atom stereocenters. The Labute approximate surface area is 108 Å². The van der Waals surface area contributed by atoms with Crippen LogP contribution in [0.2, 0.25) is 0 Å². The number of carboxylic acid groups (broad SMARTS) is 1. The molecule has 2 amide bonds. The summed E-state index contributed by atoms with van der Waals surface area (Å²) in [5, 5.41) is 14.2. The van der Waals surface area contributed by atoms with Crippen LogP contribution in [0.1, 0.15) is 32.1 Å². The third kappa shape index (κ3) is 6.44. The molecular formula is C12H23N3O3. The minimum absolute atomic E-state index is 0.139. The molecule has 1 rings (SSSR count). The van der Waals surface area contributed by atoms with Crippen molar-refractivity contribution in [2.45, 2.75) is 38.1 Å². The van der Waals surface area contributed by atoms with Crippen LogP contribution in [-0.2, 0) is 4.79 Å². The molecule has 0 spiro atoms. The molecule has 104 valence electrons. The van der Waals surface area contributed by atoms with E-state index in [0.29, 0.717) is 19.4 Å². The van der Waals surface area contributed by atoms with E-state index < -0.39 is 5.97 Å². The Morgan fingerprint density at radius 3 is 2.56 bits per heavy atom. The molecule has 0 saturated carbocycles. The molecule has 18 heavy (non-hydrogen) atoms. The van der Waals surface area contributed by atoms with Gasteiger partial charge >= 0.3 is 12.0 Å². The topological polar surface area (TPSA) is 81.7 Å². The van der Waals surface area contributed by atoms with Gasteiger partial charge in [0, 0.05) is 19.0 Å². The summed E-state index contributed by atoms with van der Waals surface area (Å²) in [5.41, 5.74) is 0. The average Bonchev–Trinajstić information content (AvgIpc) is 2.31. The van der Waals surface area contributed by atoms with E-state index in [0.717, 1.165) is 25.9 Å². The van der Waals surface area contributed by atoms with Gasteiger partial charge in [-0.05, 0) is 45.8 Å². The number of unbranched alkanes of at least 4 members (excludes halogenated alkanes) is 1. The molecule has 0 radical (unpaired) electrons. The van der Waals surface area contributed by atoms with Gasteiger partial charge in [0.05, 0.1) is 0 Å². The van der Waals surface area contributed by atoms with Crippen molar-refractivity contribution in [3.8, 4) is 0 Å². The lowest BCUT2D eigenvalue weighted by molar-refractivity contribution is -0.137. The summed E-state index contributed by atoms with van der Waals surface area (Å²) in [6.07, 6.45) is 3.45. The molecule has 1 fully saturated rings. The fraction of sp³-hybridized carbons (Fsp3) is 0.833. The number of hydrogen-bond donors (Lipinski definition) is 3. The number of nitrogens with one attached hydrogen (secondary N) is 2. The summed E-state index contributed by atoms with van der Waals surface area (Å²) in [5.74, 6) is -0.786. The average molecular weight is 257 g/mol. The molecule has 0 aliphatic carbocycles. The van der Waals surface area contributed by atoms with E-state index in [2.05, 4.69) is 22.6 Å². The normalized spacial score (nSPS) is 17.4. The van der Waals surface area contributed by atoms with Crippen LogP contribution < -0.4 is 10.6 Å². The van der Waals surface area contributed by atoms with Crippen LogP contribution in [-0.4, -0.2) is 54.7 Å². The first kappa shape index (κ1) is 14.8.